The van der Waals surface area contributed by atoms with Crippen LogP contribution in [0.5, 0.6) is 5.75 Å². The smallest absolute Gasteiger partial charge is 0.117 e. The minimum absolute atomic E-state index is 0.359. The van der Waals surface area contributed by atoms with Crippen LogP contribution in [-0.4, -0.2) is 66.8 Å². The van der Waals surface area contributed by atoms with Crippen molar-refractivity contribution in [1.82, 2.24) is 9.80 Å². The zero-order valence-corrected chi connectivity index (χ0v) is 13.0. The van der Waals surface area contributed by atoms with Gasteiger partial charge in [0.1, 0.15) is 5.75 Å². The Morgan fingerprint density at radius 2 is 1.76 bits per heavy atom. The van der Waals surface area contributed by atoms with Gasteiger partial charge in [-0.05, 0) is 45.0 Å². The Hall–Kier alpha value is -1.26. The maximum Gasteiger partial charge on any atom is 0.117 e. The summed E-state index contributed by atoms with van der Waals surface area (Å²) >= 11 is 0. The molecule has 0 aliphatic carbocycles. The predicted octanol–water partition coefficient (Wildman–Crippen LogP) is 2.00. The van der Waals surface area contributed by atoms with E-state index < -0.39 is 0 Å². The summed E-state index contributed by atoms with van der Waals surface area (Å²) in [5.41, 5.74) is 1.14. The molecule has 116 valence electrons. The third kappa shape index (κ3) is 3.69. The molecule has 0 spiro atoms. The third-order valence-electron chi connectivity index (χ3n) is 4.85. The molecular weight excluding hydrogens is 262 g/mol. The SMILES string of the molecule is C[C@H](CN1CCN(c2cccc(O)c2)CC1)N1CCCC1. The molecule has 0 unspecified atom stereocenters. The Kier molecular flexibility index (Phi) is 4.66. The first-order valence-corrected chi connectivity index (χ1v) is 8.23. The summed E-state index contributed by atoms with van der Waals surface area (Å²) in [6.45, 7) is 10.5. The summed E-state index contributed by atoms with van der Waals surface area (Å²) in [7, 11) is 0. The van der Waals surface area contributed by atoms with Crippen molar-refractivity contribution in [3.8, 4) is 5.75 Å². The molecular formula is C17H27N3O. The van der Waals surface area contributed by atoms with E-state index in [-0.39, 0.29) is 0 Å². The van der Waals surface area contributed by atoms with Gasteiger partial charge < -0.3 is 10.0 Å². The van der Waals surface area contributed by atoms with Crippen LogP contribution >= 0.6 is 0 Å². The second kappa shape index (κ2) is 6.67. The number of anilines is 1. The van der Waals surface area contributed by atoms with Crippen LogP contribution in [-0.2, 0) is 0 Å². The van der Waals surface area contributed by atoms with Crippen LogP contribution in [0.1, 0.15) is 19.8 Å². The lowest BCUT2D eigenvalue weighted by Crippen LogP contribution is -2.50. The molecule has 3 rings (SSSR count). The first kappa shape index (κ1) is 14.7. The molecule has 1 aromatic rings. The van der Waals surface area contributed by atoms with Crippen LogP contribution in [0.15, 0.2) is 24.3 Å². The highest BCUT2D eigenvalue weighted by Gasteiger charge is 2.23. The van der Waals surface area contributed by atoms with Crippen molar-refractivity contribution in [3.05, 3.63) is 24.3 Å². The molecule has 0 radical (unpaired) electrons. The van der Waals surface area contributed by atoms with Crippen molar-refractivity contribution in [1.29, 1.82) is 0 Å². The molecule has 0 aromatic heterocycles. The fraction of sp³-hybridized carbons (Fsp3) is 0.647. The molecule has 21 heavy (non-hydrogen) atoms. The van der Waals surface area contributed by atoms with Crippen LogP contribution in [0.3, 0.4) is 0 Å². The number of hydrogen-bond donors (Lipinski definition) is 1. The first-order valence-electron chi connectivity index (χ1n) is 8.23. The second-order valence-electron chi connectivity index (χ2n) is 6.40. The number of piperazine rings is 1. The Morgan fingerprint density at radius 3 is 2.43 bits per heavy atom. The molecule has 1 atom stereocenters. The largest absolute Gasteiger partial charge is 0.508 e. The molecule has 1 aromatic carbocycles. The van der Waals surface area contributed by atoms with Gasteiger partial charge in [-0.1, -0.05) is 6.07 Å². The molecule has 4 nitrogen and oxygen atoms in total. The van der Waals surface area contributed by atoms with Gasteiger partial charge in [-0.15, -0.1) is 0 Å². The number of hydrogen-bond acceptors (Lipinski definition) is 4. The number of aromatic hydroxyl groups is 1. The Morgan fingerprint density at radius 1 is 1.05 bits per heavy atom. The zero-order valence-electron chi connectivity index (χ0n) is 13.0. The van der Waals surface area contributed by atoms with Crippen LogP contribution in [0.25, 0.3) is 0 Å². The Labute approximate surface area is 128 Å². The van der Waals surface area contributed by atoms with Gasteiger partial charge in [-0.3, -0.25) is 9.80 Å². The number of likely N-dealkylation sites (tertiary alicyclic amines) is 1. The van der Waals surface area contributed by atoms with E-state index in [9.17, 15) is 5.11 Å². The monoisotopic (exact) mass is 289 g/mol. The predicted molar refractivity (Wildman–Crippen MR) is 87.0 cm³/mol. The molecule has 2 aliphatic rings. The van der Waals surface area contributed by atoms with E-state index >= 15 is 0 Å². The Bertz CT molecular complexity index is 451. The summed E-state index contributed by atoms with van der Waals surface area (Å²) in [6, 6.07) is 8.29. The van der Waals surface area contributed by atoms with E-state index in [2.05, 4.69) is 27.7 Å². The molecule has 2 aliphatic heterocycles. The summed E-state index contributed by atoms with van der Waals surface area (Å²) in [5.74, 6) is 0.359. The maximum atomic E-state index is 9.59. The van der Waals surface area contributed by atoms with Gasteiger partial charge in [-0.2, -0.15) is 0 Å². The van der Waals surface area contributed by atoms with Crippen LogP contribution in [0.4, 0.5) is 5.69 Å². The number of benzene rings is 1. The Balaban J connectivity index is 1.48. The quantitative estimate of drug-likeness (QED) is 0.918. The summed E-state index contributed by atoms with van der Waals surface area (Å²) in [5, 5.41) is 9.59. The van der Waals surface area contributed by atoms with Crippen LogP contribution in [0.2, 0.25) is 0 Å². The van der Waals surface area contributed by atoms with E-state index in [0.717, 1.165) is 31.9 Å². The number of phenols is 1. The topological polar surface area (TPSA) is 30.0 Å². The summed E-state index contributed by atoms with van der Waals surface area (Å²) in [6.07, 6.45) is 2.74. The highest BCUT2D eigenvalue weighted by molar-refractivity contribution is 5.50. The fourth-order valence-electron chi connectivity index (χ4n) is 3.55. The summed E-state index contributed by atoms with van der Waals surface area (Å²) < 4.78 is 0. The van der Waals surface area contributed by atoms with Crippen molar-refractivity contribution in [3.63, 3.8) is 0 Å². The summed E-state index contributed by atoms with van der Waals surface area (Å²) in [4.78, 5) is 7.58. The van der Waals surface area contributed by atoms with Crippen LogP contribution in [0, 0.1) is 0 Å². The van der Waals surface area contributed by atoms with E-state index in [1.165, 1.54) is 32.5 Å². The molecule has 0 amide bonds. The van der Waals surface area contributed by atoms with Gasteiger partial charge in [-0.25, -0.2) is 0 Å². The highest BCUT2D eigenvalue weighted by Crippen LogP contribution is 2.21. The fourth-order valence-corrected chi connectivity index (χ4v) is 3.55. The molecule has 0 saturated carbocycles. The second-order valence-corrected chi connectivity index (χ2v) is 6.40. The normalized spacial score (nSPS) is 22.6. The van der Waals surface area contributed by atoms with Crippen molar-refractivity contribution < 1.29 is 5.11 Å². The molecule has 4 heteroatoms. The number of rotatable bonds is 4. The molecule has 2 saturated heterocycles. The molecule has 1 N–H and O–H groups in total. The van der Waals surface area contributed by atoms with Crippen molar-refractivity contribution in [2.24, 2.45) is 0 Å². The van der Waals surface area contributed by atoms with Crippen molar-refractivity contribution in [2.75, 3.05) is 50.7 Å². The molecule has 2 fully saturated rings. The average molecular weight is 289 g/mol. The molecule has 0 bridgehead atoms. The van der Waals surface area contributed by atoms with Gasteiger partial charge in [0.2, 0.25) is 0 Å². The van der Waals surface area contributed by atoms with Gasteiger partial charge >= 0.3 is 0 Å². The van der Waals surface area contributed by atoms with Gasteiger partial charge in [0.15, 0.2) is 0 Å². The van der Waals surface area contributed by atoms with Crippen molar-refractivity contribution >= 4 is 5.69 Å². The van der Waals surface area contributed by atoms with Gasteiger partial charge in [0.05, 0.1) is 0 Å². The van der Waals surface area contributed by atoms with Gasteiger partial charge in [0, 0.05) is 50.5 Å². The standard InChI is InChI=1S/C17H27N3O/c1-15(19-7-2-3-8-19)14-18-9-11-20(12-10-18)16-5-4-6-17(21)13-16/h4-6,13,15,21H,2-3,7-12,14H2,1H3/t15-/m1/s1. The lowest BCUT2D eigenvalue weighted by atomic mass is 10.2. The lowest BCUT2D eigenvalue weighted by Gasteiger charge is -2.38. The maximum absolute atomic E-state index is 9.59. The zero-order chi connectivity index (χ0) is 14.7. The minimum Gasteiger partial charge on any atom is -0.508 e. The number of nitrogens with zero attached hydrogens (tertiary/aromatic N) is 3. The third-order valence-corrected chi connectivity index (χ3v) is 4.85. The number of phenolic OH excluding ortho intramolecular Hbond substituents is 1. The van der Waals surface area contributed by atoms with Crippen molar-refractivity contribution in [2.45, 2.75) is 25.8 Å². The van der Waals surface area contributed by atoms with E-state index in [0.29, 0.717) is 11.8 Å². The van der Waals surface area contributed by atoms with Crippen LogP contribution < -0.4 is 4.90 Å². The lowest BCUT2D eigenvalue weighted by molar-refractivity contribution is 0.165. The average Bonchev–Trinajstić information content (AvgIpc) is 3.02. The molecule has 2 heterocycles. The van der Waals surface area contributed by atoms with E-state index in [1.54, 1.807) is 6.07 Å². The first-order chi connectivity index (χ1) is 10.2. The van der Waals surface area contributed by atoms with E-state index in [1.807, 2.05) is 12.1 Å². The minimum atomic E-state index is 0.359. The van der Waals surface area contributed by atoms with E-state index in [4.69, 9.17) is 0 Å². The van der Waals surface area contributed by atoms with Gasteiger partial charge in [0.25, 0.3) is 0 Å². The highest BCUT2D eigenvalue weighted by atomic mass is 16.3.